The summed E-state index contributed by atoms with van der Waals surface area (Å²) in [7, 11) is 1.46. The predicted octanol–water partition coefficient (Wildman–Crippen LogP) is 5.36. The van der Waals surface area contributed by atoms with Crippen molar-refractivity contribution in [3.05, 3.63) is 63.4 Å². The normalized spacial score (nSPS) is 12.3. The van der Waals surface area contributed by atoms with Crippen molar-refractivity contribution in [3.8, 4) is 5.75 Å². The van der Waals surface area contributed by atoms with Crippen LogP contribution >= 0.6 is 31.9 Å². The number of rotatable bonds is 3. The van der Waals surface area contributed by atoms with Crippen molar-refractivity contribution in [3.63, 3.8) is 0 Å². The maximum Gasteiger partial charge on any atom is 0.133 e. The zero-order valence-corrected chi connectivity index (χ0v) is 13.4. The van der Waals surface area contributed by atoms with Gasteiger partial charge in [0.05, 0.1) is 11.9 Å². The molecule has 6 heteroatoms. The molecule has 0 heterocycles. The molecule has 106 valence electrons. The Morgan fingerprint density at radius 2 is 1.65 bits per heavy atom. The van der Waals surface area contributed by atoms with Crippen molar-refractivity contribution in [2.75, 3.05) is 7.11 Å². The van der Waals surface area contributed by atoms with Crippen LogP contribution in [0, 0.1) is 17.5 Å². The molecule has 0 aromatic heterocycles. The molecule has 0 amide bonds. The van der Waals surface area contributed by atoms with Crippen LogP contribution in [0.15, 0.2) is 34.8 Å². The number of methoxy groups -OCH3 is 1. The first-order valence-electron chi connectivity index (χ1n) is 5.56. The third kappa shape index (κ3) is 3.01. The van der Waals surface area contributed by atoms with Crippen LogP contribution in [0.4, 0.5) is 13.2 Å². The lowest BCUT2D eigenvalue weighted by molar-refractivity contribution is 0.409. The lowest BCUT2D eigenvalue weighted by Crippen LogP contribution is -2.03. The highest BCUT2D eigenvalue weighted by atomic mass is 79.9. The lowest BCUT2D eigenvalue weighted by Gasteiger charge is -2.16. The van der Waals surface area contributed by atoms with E-state index in [0.717, 1.165) is 4.47 Å². The topological polar surface area (TPSA) is 9.23 Å². The monoisotopic (exact) mass is 408 g/mol. The molecule has 2 rings (SSSR count). The van der Waals surface area contributed by atoms with Gasteiger partial charge in [-0.2, -0.15) is 0 Å². The van der Waals surface area contributed by atoms with Crippen molar-refractivity contribution in [2.45, 2.75) is 4.83 Å². The Balaban J connectivity index is 2.54. The van der Waals surface area contributed by atoms with E-state index in [-0.39, 0.29) is 5.56 Å². The number of hydrogen-bond donors (Lipinski definition) is 0. The third-order valence-electron chi connectivity index (χ3n) is 2.77. The highest BCUT2D eigenvalue weighted by Crippen LogP contribution is 2.40. The number of benzene rings is 2. The van der Waals surface area contributed by atoms with Gasteiger partial charge in [0.25, 0.3) is 0 Å². The standard InChI is InChI=1S/C14H9Br2F3O/c1-20-12-4-7(15)2-3-9(12)14(16)13-10(18)5-8(17)6-11(13)19/h2-6,14H,1H3. The first-order valence-corrected chi connectivity index (χ1v) is 7.27. The van der Waals surface area contributed by atoms with E-state index in [2.05, 4.69) is 31.9 Å². The van der Waals surface area contributed by atoms with Crippen LogP contribution in [0.25, 0.3) is 0 Å². The number of halogens is 5. The van der Waals surface area contributed by atoms with Crippen LogP contribution in [0.3, 0.4) is 0 Å². The molecule has 0 spiro atoms. The molecule has 0 bridgehead atoms. The van der Waals surface area contributed by atoms with Gasteiger partial charge >= 0.3 is 0 Å². The molecule has 1 unspecified atom stereocenters. The fraction of sp³-hybridized carbons (Fsp3) is 0.143. The Kier molecular flexibility index (Phi) is 4.75. The summed E-state index contributed by atoms with van der Waals surface area (Å²) in [5.74, 6) is -2.39. The SMILES string of the molecule is COc1cc(Br)ccc1C(Br)c1c(F)cc(F)cc1F. The Labute approximate surface area is 131 Å². The van der Waals surface area contributed by atoms with E-state index in [1.54, 1.807) is 18.2 Å². The largest absolute Gasteiger partial charge is 0.496 e. The summed E-state index contributed by atoms with van der Waals surface area (Å²) in [6, 6.07) is 6.38. The second-order valence-electron chi connectivity index (χ2n) is 4.03. The lowest BCUT2D eigenvalue weighted by atomic mass is 10.0. The molecule has 0 saturated heterocycles. The Morgan fingerprint density at radius 1 is 1.05 bits per heavy atom. The number of hydrogen-bond acceptors (Lipinski definition) is 1. The van der Waals surface area contributed by atoms with Gasteiger partial charge in [0.15, 0.2) is 0 Å². The van der Waals surface area contributed by atoms with Gasteiger partial charge in [0.2, 0.25) is 0 Å². The van der Waals surface area contributed by atoms with Gasteiger partial charge in [-0.15, -0.1) is 0 Å². The summed E-state index contributed by atoms with van der Waals surface area (Å²) in [6.07, 6.45) is 0. The Hall–Kier alpha value is -1.01. The summed E-state index contributed by atoms with van der Waals surface area (Å²) in [6.45, 7) is 0. The molecule has 0 aliphatic heterocycles. The van der Waals surface area contributed by atoms with E-state index in [4.69, 9.17) is 4.74 Å². The molecule has 20 heavy (non-hydrogen) atoms. The van der Waals surface area contributed by atoms with Gasteiger partial charge in [0.1, 0.15) is 23.2 Å². The van der Waals surface area contributed by atoms with Gasteiger partial charge in [-0.1, -0.05) is 37.9 Å². The van der Waals surface area contributed by atoms with E-state index >= 15 is 0 Å². The van der Waals surface area contributed by atoms with Crippen LogP contribution in [-0.2, 0) is 0 Å². The average Bonchev–Trinajstić information content (AvgIpc) is 2.37. The molecule has 1 atom stereocenters. The highest BCUT2D eigenvalue weighted by Gasteiger charge is 2.23. The average molecular weight is 410 g/mol. The van der Waals surface area contributed by atoms with Crippen LogP contribution in [0.1, 0.15) is 16.0 Å². The summed E-state index contributed by atoms with van der Waals surface area (Å²) >= 11 is 6.53. The molecule has 0 N–H and O–H groups in total. The summed E-state index contributed by atoms with van der Waals surface area (Å²) in [4.78, 5) is -0.786. The number of ether oxygens (including phenoxy) is 1. The summed E-state index contributed by atoms with van der Waals surface area (Å²) < 4.78 is 46.5. The molecule has 0 aliphatic rings. The van der Waals surface area contributed by atoms with E-state index in [1.165, 1.54) is 7.11 Å². The molecule has 0 fully saturated rings. The van der Waals surface area contributed by atoms with Crippen LogP contribution < -0.4 is 4.74 Å². The van der Waals surface area contributed by atoms with Crippen molar-refractivity contribution in [1.29, 1.82) is 0 Å². The molecular formula is C14H9Br2F3O. The van der Waals surface area contributed by atoms with Crippen molar-refractivity contribution < 1.29 is 17.9 Å². The Bertz CT molecular complexity index is 623. The molecule has 0 aliphatic carbocycles. The smallest absolute Gasteiger partial charge is 0.133 e. The van der Waals surface area contributed by atoms with Crippen LogP contribution in [0.2, 0.25) is 0 Å². The van der Waals surface area contributed by atoms with E-state index < -0.39 is 22.3 Å². The quantitative estimate of drug-likeness (QED) is 0.620. The fourth-order valence-corrected chi connectivity index (χ4v) is 3.00. The molecular weight excluding hydrogens is 401 g/mol. The van der Waals surface area contributed by atoms with Gasteiger partial charge in [-0.25, -0.2) is 13.2 Å². The first-order chi connectivity index (χ1) is 9.43. The maximum absolute atomic E-state index is 13.8. The van der Waals surface area contributed by atoms with Gasteiger partial charge < -0.3 is 4.74 Å². The molecule has 2 aromatic carbocycles. The van der Waals surface area contributed by atoms with Gasteiger partial charge in [-0.05, 0) is 12.1 Å². The minimum Gasteiger partial charge on any atom is -0.496 e. The zero-order valence-electron chi connectivity index (χ0n) is 10.3. The minimum absolute atomic E-state index is 0.257. The molecule has 1 nitrogen and oxygen atoms in total. The van der Waals surface area contributed by atoms with E-state index in [0.29, 0.717) is 23.4 Å². The minimum atomic E-state index is -0.953. The second kappa shape index (κ2) is 6.18. The summed E-state index contributed by atoms with van der Waals surface area (Å²) in [5, 5.41) is 0. The van der Waals surface area contributed by atoms with E-state index in [9.17, 15) is 13.2 Å². The van der Waals surface area contributed by atoms with Crippen molar-refractivity contribution in [1.82, 2.24) is 0 Å². The molecule has 0 saturated carbocycles. The molecule has 2 aromatic rings. The van der Waals surface area contributed by atoms with Gasteiger partial charge in [-0.3, -0.25) is 0 Å². The van der Waals surface area contributed by atoms with Gasteiger partial charge in [0, 0.05) is 27.7 Å². The Morgan fingerprint density at radius 3 is 2.20 bits per heavy atom. The maximum atomic E-state index is 13.8. The summed E-state index contributed by atoms with van der Waals surface area (Å²) in [5.41, 5.74) is 0.284. The van der Waals surface area contributed by atoms with Crippen LogP contribution in [-0.4, -0.2) is 7.11 Å². The van der Waals surface area contributed by atoms with Crippen molar-refractivity contribution in [2.24, 2.45) is 0 Å². The third-order valence-corrected chi connectivity index (χ3v) is 4.21. The predicted molar refractivity (Wildman–Crippen MR) is 77.8 cm³/mol. The number of alkyl halides is 1. The molecule has 0 radical (unpaired) electrons. The van der Waals surface area contributed by atoms with Crippen molar-refractivity contribution >= 4 is 31.9 Å². The fourth-order valence-electron chi connectivity index (χ4n) is 1.85. The zero-order chi connectivity index (χ0) is 14.9. The second-order valence-corrected chi connectivity index (χ2v) is 5.86. The van der Waals surface area contributed by atoms with E-state index in [1.807, 2.05) is 0 Å². The highest BCUT2D eigenvalue weighted by molar-refractivity contribution is 9.10. The van der Waals surface area contributed by atoms with Crippen LogP contribution in [0.5, 0.6) is 5.75 Å². The first kappa shape index (κ1) is 15.4.